The molecule has 1 heterocycles. The van der Waals surface area contributed by atoms with Crippen LogP contribution in [0.3, 0.4) is 0 Å². The zero-order valence-electron chi connectivity index (χ0n) is 12.9. The first-order chi connectivity index (χ1) is 9.85. The molecule has 0 aliphatic heterocycles. The number of aromatic nitrogens is 2. The Morgan fingerprint density at radius 3 is 2.76 bits per heavy atom. The molecule has 1 aromatic heterocycles. The van der Waals surface area contributed by atoms with E-state index >= 15 is 0 Å². The van der Waals surface area contributed by atoms with Gasteiger partial charge in [-0.15, -0.1) is 5.10 Å². The summed E-state index contributed by atoms with van der Waals surface area (Å²) in [5.74, 6) is 0.635. The summed E-state index contributed by atoms with van der Waals surface area (Å²) in [5, 5.41) is 14.0. The van der Waals surface area contributed by atoms with Crippen LogP contribution in [0.4, 0.5) is 4.79 Å². The van der Waals surface area contributed by atoms with Crippen molar-refractivity contribution in [2.45, 2.75) is 58.2 Å². The Hall–Kier alpha value is -1.56. The van der Waals surface area contributed by atoms with Gasteiger partial charge in [-0.25, -0.2) is 4.79 Å². The molecule has 2 rings (SSSR count). The lowest BCUT2D eigenvalue weighted by atomic mass is 10.0. The number of aliphatic hydroxyl groups excluding tert-OH is 1. The van der Waals surface area contributed by atoms with Crippen molar-refractivity contribution in [3.8, 4) is 5.88 Å². The van der Waals surface area contributed by atoms with Gasteiger partial charge in [-0.05, 0) is 39.5 Å². The van der Waals surface area contributed by atoms with Crippen LogP contribution in [-0.2, 0) is 4.74 Å². The Kier molecular flexibility index (Phi) is 4.88. The molecule has 0 aromatic carbocycles. The van der Waals surface area contributed by atoms with E-state index in [1.165, 1.54) is 19.0 Å². The van der Waals surface area contributed by atoms with E-state index in [-0.39, 0.29) is 6.61 Å². The highest BCUT2D eigenvalue weighted by molar-refractivity contribution is 5.69. The Bertz CT molecular complexity index is 472. The van der Waals surface area contributed by atoms with Crippen LogP contribution in [-0.4, -0.2) is 39.3 Å². The molecule has 1 atom stereocenters. The summed E-state index contributed by atoms with van der Waals surface area (Å²) in [6.45, 7) is 5.59. The van der Waals surface area contributed by atoms with Crippen molar-refractivity contribution in [3.05, 3.63) is 12.3 Å². The van der Waals surface area contributed by atoms with Crippen LogP contribution in [0.1, 0.15) is 46.5 Å². The van der Waals surface area contributed by atoms with Crippen LogP contribution in [0.15, 0.2) is 12.3 Å². The molecule has 1 aliphatic carbocycles. The number of rotatable bonds is 4. The first kappa shape index (κ1) is 15.8. The van der Waals surface area contributed by atoms with Crippen molar-refractivity contribution < 1.29 is 19.4 Å². The largest absolute Gasteiger partial charge is 0.474 e. The molecular formula is C15H24N2O4. The summed E-state index contributed by atoms with van der Waals surface area (Å²) >= 11 is 0. The summed E-state index contributed by atoms with van der Waals surface area (Å²) in [5.41, 5.74) is -0.567. The van der Waals surface area contributed by atoms with E-state index in [9.17, 15) is 9.90 Å². The molecule has 0 radical (unpaired) electrons. The van der Waals surface area contributed by atoms with Gasteiger partial charge in [-0.1, -0.05) is 12.8 Å². The molecule has 0 amide bonds. The summed E-state index contributed by atoms with van der Waals surface area (Å²) in [6.07, 6.45) is 4.93. The van der Waals surface area contributed by atoms with Crippen LogP contribution in [0.5, 0.6) is 5.88 Å². The van der Waals surface area contributed by atoms with Crippen LogP contribution >= 0.6 is 0 Å². The fourth-order valence-electron chi connectivity index (χ4n) is 2.44. The first-order valence-electron chi connectivity index (χ1n) is 7.45. The smallest absolute Gasteiger partial charge is 0.435 e. The van der Waals surface area contributed by atoms with Crippen LogP contribution in [0.2, 0.25) is 0 Å². The van der Waals surface area contributed by atoms with Crippen LogP contribution < -0.4 is 4.74 Å². The topological polar surface area (TPSA) is 73.6 Å². The lowest BCUT2D eigenvalue weighted by Crippen LogP contribution is -2.27. The molecule has 6 nitrogen and oxygen atoms in total. The molecule has 1 aliphatic rings. The van der Waals surface area contributed by atoms with Crippen LogP contribution in [0, 0.1) is 5.92 Å². The molecule has 1 N–H and O–H groups in total. The number of carbonyl (C=O) groups excluding carboxylic acids is 1. The predicted octanol–water partition coefficient (Wildman–Crippen LogP) is 2.60. The lowest BCUT2D eigenvalue weighted by Gasteiger charge is -2.18. The van der Waals surface area contributed by atoms with Gasteiger partial charge in [0, 0.05) is 12.3 Å². The Labute approximate surface area is 125 Å². The fraction of sp³-hybridized carbons (Fsp3) is 0.733. The Balaban J connectivity index is 1.84. The maximum absolute atomic E-state index is 11.8. The molecule has 0 bridgehead atoms. The zero-order chi connectivity index (χ0) is 15.5. The van der Waals surface area contributed by atoms with Gasteiger partial charge in [-0.3, -0.25) is 0 Å². The highest BCUT2D eigenvalue weighted by Crippen LogP contribution is 2.27. The molecule has 1 unspecified atom stereocenters. The van der Waals surface area contributed by atoms with Gasteiger partial charge in [0.15, 0.2) is 0 Å². The van der Waals surface area contributed by atoms with E-state index in [0.717, 1.165) is 17.5 Å². The van der Waals surface area contributed by atoms with Gasteiger partial charge >= 0.3 is 6.09 Å². The van der Waals surface area contributed by atoms with E-state index < -0.39 is 17.8 Å². The lowest BCUT2D eigenvalue weighted by molar-refractivity contribution is 0.0493. The second kappa shape index (κ2) is 6.47. The minimum atomic E-state index is -0.567. The van der Waals surface area contributed by atoms with Crippen LogP contribution in [0.25, 0.3) is 0 Å². The standard InChI is InChI=1S/C15H24N2O4/c1-15(2,3)21-14(19)17-9-8-13(16-17)20-10-12(18)11-6-4-5-7-11/h8-9,11-12,18H,4-7,10H2,1-3H3. The molecular weight excluding hydrogens is 272 g/mol. The number of nitrogens with zero attached hydrogens (tertiary/aromatic N) is 2. The van der Waals surface area contributed by atoms with Gasteiger partial charge in [0.25, 0.3) is 0 Å². The molecule has 1 saturated carbocycles. The van der Waals surface area contributed by atoms with Gasteiger partial charge in [0.2, 0.25) is 5.88 Å². The Morgan fingerprint density at radius 2 is 2.14 bits per heavy atom. The highest BCUT2D eigenvalue weighted by Gasteiger charge is 2.24. The third-order valence-electron chi connectivity index (χ3n) is 3.49. The summed E-state index contributed by atoms with van der Waals surface area (Å²) in [4.78, 5) is 11.8. The average Bonchev–Trinajstić information content (AvgIpc) is 3.05. The maximum Gasteiger partial charge on any atom is 0.435 e. The van der Waals surface area contributed by atoms with E-state index in [0.29, 0.717) is 11.8 Å². The quantitative estimate of drug-likeness (QED) is 0.924. The molecule has 1 fully saturated rings. The zero-order valence-corrected chi connectivity index (χ0v) is 12.9. The van der Waals surface area contributed by atoms with E-state index in [1.54, 1.807) is 26.8 Å². The molecule has 1 aromatic rings. The third kappa shape index (κ3) is 4.74. The predicted molar refractivity (Wildman–Crippen MR) is 77.3 cm³/mol. The molecule has 6 heteroatoms. The van der Waals surface area contributed by atoms with Crippen molar-refractivity contribution in [2.75, 3.05) is 6.61 Å². The number of aliphatic hydroxyl groups is 1. The summed E-state index contributed by atoms with van der Waals surface area (Å²) < 4.78 is 11.8. The van der Waals surface area contributed by atoms with Crippen molar-refractivity contribution >= 4 is 6.09 Å². The normalized spacial score (nSPS) is 17.7. The number of hydrogen-bond acceptors (Lipinski definition) is 5. The van der Waals surface area contributed by atoms with Gasteiger partial charge in [-0.2, -0.15) is 4.68 Å². The van der Waals surface area contributed by atoms with Crippen molar-refractivity contribution in [3.63, 3.8) is 0 Å². The van der Waals surface area contributed by atoms with E-state index in [1.807, 2.05) is 0 Å². The van der Waals surface area contributed by atoms with Gasteiger partial charge in [0.05, 0.1) is 6.10 Å². The summed E-state index contributed by atoms with van der Waals surface area (Å²) in [7, 11) is 0. The van der Waals surface area contributed by atoms with Crippen molar-refractivity contribution in [2.24, 2.45) is 5.92 Å². The number of hydrogen-bond donors (Lipinski definition) is 1. The minimum absolute atomic E-state index is 0.204. The van der Waals surface area contributed by atoms with E-state index in [2.05, 4.69) is 5.10 Å². The van der Waals surface area contributed by atoms with Gasteiger partial charge in [0.1, 0.15) is 12.2 Å². The van der Waals surface area contributed by atoms with E-state index in [4.69, 9.17) is 9.47 Å². The number of carbonyl (C=O) groups is 1. The average molecular weight is 296 g/mol. The second-order valence-electron chi connectivity index (χ2n) is 6.50. The van der Waals surface area contributed by atoms with Crippen molar-refractivity contribution in [1.82, 2.24) is 9.78 Å². The molecule has 118 valence electrons. The number of ether oxygens (including phenoxy) is 2. The second-order valence-corrected chi connectivity index (χ2v) is 6.50. The van der Waals surface area contributed by atoms with Gasteiger partial charge < -0.3 is 14.6 Å². The SMILES string of the molecule is CC(C)(C)OC(=O)n1ccc(OCC(O)C2CCCC2)n1. The maximum atomic E-state index is 11.8. The first-order valence-corrected chi connectivity index (χ1v) is 7.45. The Morgan fingerprint density at radius 1 is 1.48 bits per heavy atom. The minimum Gasteiger partial charge on any atom is -0.474 e. The highest BCUT2D eigenvalue weighted by atomic mass is 16.6. The molecule has 0 spiro atoms. The molecule has 0 saturated heterocycles. The summed E-state index contributed by atoms with van der Waals surface area (Å²) in [6, 6.07) is 1.59. The fourth-order valence-corrected chi connectivity index (χ4v) is 2.44. The van der Waals surface area contributed by atoms with Crippen molar-refractivity contribution in [1.29, 1.82) is 0 Å². The monoisotopic (exact) mass is 296 g/mol. The third-order valence-corrected chi connectivity index (χ3v) is 3.49. The molecule has 21 heavy (non-hydrogen) atoms.